The molecular weight excluding hydrogens is 427 g/mol. The average Bonchev–Trinajstić information content (AvgIpc) is 3.56. The van der Waals surface area contributed by atoms with Crippen molar-refractivity contribution in [1.82, 2.24) is 14.1 Å². The summed E-state index contributed by atoms with van der Waals surface area (Å²) >= 11 is 0. The first-order valence-corrected chi connectivity index (χ1v) is 11.4. The lowest BCUT2D eigenvalue weighted by atomic mass is 9.89. The first-order chi connectivity index (χ1) is 15.7. The zero-order chi connectivity index (χ0) is 23.9. The highest BCUT2D eigenvalue weighted by atomic mass is 19.1. The number of methoxy groups -OCH3 is 1. The van der Waals surface area contributed by atoms with E-state index < -0.39 is 17.1 Å². The first-order valence-electron chi connectivity index (χ1n) is 11.4. The quantitative estimate of drug-likeness (QED) is 0.601. The fraction of sp³-hybridized carbons (Fsp3) is 0.609. The predicted octanol–water partition coefficient (Wildman–Crippen LogP) is 1.81. The van der Waals surface area contributed by atoms with E-state index in [4.69, 9.17) is 15.8 Å². The second-order valence-corrected chi connectivity index (χ2v) is 9.45. The Kier molecular flexibility index (Phi) is 6.10. The second kappa shape index (κ2) is 8.71. The molecule has 1 saturated carbocycles. The van der Waals surface area contributed by atoms with Crippen LogP contribution in [0.4, 0.5) is 10.1 Å². The standard InChI is InChI=1S/C23H31FN6O3/c1-4-27(10-5-9-25)13-23(2)8-11-28(14-23)19-17(24)12-16-18(20(19)33-3)29(15-6-7-15)22(32)30(26)21(16)31/h12,15H,4-8,10-11,13-14,26H2,1-3H3. The number of halogens is 1. The van der Waals surface area contributed by atoms with Gasteiger partial charge in [0.15, 0.2) is 11.6 Å². The lowest BCUT2D eigenvalue weighted by Gasteiger charge is -2.32. The summed E-state index contributed by atoms with van der Waals surface area (Å²) in [4.78, 5) is 29.7. The zero-order valence-electron chi connectivity index (χ0n) is 19.4. The third-order valence-electron chi connectivity index (χ3n) is 6.87. The number of anilines is 1. The predicted molar refractivity (Wildman–Crippen MR) is 125 cm³/mol. The molecule has 1 aromatic heterocycles. The van der Waals surface area contributed by atoms with Gasteiger partial charge in [0.2, 0.25) is 0 Å². The largest absolute Gasteiger partial charge is 0.492 e. The van der Waals surface area contributed by atoms with Crippen LogP contribution in [0.2, 0.25) is 0 Å². The van der Waals surface area contributed by atoms with Crippen LogP contribution in [0.5, 0.6) is 5.75 Å². The van der Waals surface area contributed by atoms with Crippen LogP contribution in [0.3, 0.4) is 0 Å². The van der Waals surface area contributed by atoms with Crippen LogP contribution in [-0.4, -0.2) is 54.0 Å². The highest BCUT2D eigenvalue weighted by Crippen LogP contribution is 2.45. The lowest BCUT2D eigenvalue weighted by molar-refractivity contribution is 0.189. The van der Waals surface area contributed by atoms with E-state index in [1.807, 2.05) is 4.90 Å². The Hall–Kier alpha value is -3.06. The van der Waals surface area contributed by atoms with Gasteiger partial charge in [0.1, 0.15) is 11.2 Å². The van der Waals surface area contributed by atoms with Crippen molar-refractivity contribution >= 4 is 16.6 Å². The summed E-state index contributed by atoms with van der Waals surface area (Å²) in [6.45, 7) is 7.79. The summed E-state index contributed by atoms with van der Waals surface area (Å²) in [5.41, 5.74) is -0.872. The van der Waals surface area contributed by atoms with Gasteiger partial charge in [0.05, 0.1) is 18.6 Å². The molecule has 1 unspecified atom stereocenters. The van der Waals surface area contributed by atoms with Crippen molar-refractivity contribution in [2.75, 3.05) is 50.6 Å². The molecule has 9 nitrogen and oxygen atoms in total. The molecule has 33 heavy (non-hydrogen) atoms. The molecule has 1 aliphatic carbocycles. The molecule has 2 aromatic rings. The fourth-order valence-electron chi connectivity index (χ4n) is 5.04. The van der Waals surface area contributed by atoms with Gasteiger partial charge in [0, 0.05) is 38.6 Å². The summed E-state index contributed by atoms with van der Waals surface area (Å²) in [5, 5.41) is 8.97. The molecule has 0 bridgehead atoms. The Morgan fingerprint density at radius 2 is 2.12 bits per heavy atom. The number of ether oxygens (including phenoxy) is 1. The van der Waals surface area contributed by atoms with Crippen molar-refractivity contribution in [3.05, 3.63) is 32.7 Å². The minimum absolute atomic E-state index is 0.0396. The minimum Gasteiger partial charge on any atom is -0.492 e. The molecule has 4 rings (SSSR count). The lowest BCUT2D eigenvalue weighted by Crippen LogP contribution is -2.44. The number of rotatable bonds is 8. The summed E-state index contributed by atoms with van der Waals surface area (Å²) in [6.07, 6.45) is 2.90. The zero-order valence-corrected chi connectivity index (χ0v) is 19.4. The molecule has 178 valence electrons. The Morgan fingerprint density at radius 1 is 1.39 bits per heavy atom. The molecule has 0 radical (unpaired) electrons. The number of benzene rings is 1. The summed E-state index contributed by atoms with van der Waals surface area (Å²) in [6, 6.07) is 3.29. The van der Waals surface area contributed by atoms with Crippen molar-refractivity contribution in [3.63, 3.8) is 0 Å². The first kappa shape index (κ1) is 23.1. The highest BCUT2D eigenvalue weighted by Gasteiger charge is 2.39. The van der Waals surface area contributed by atoms with Crippen LogP contribution in [-0.2, 0) is 0 Å². The SMILES string of the molecule is CCN(CCC#N)CC1(C)CCN(c2c(F)cc3c(=O)n(N)c(=O)n(C4CC4)c3c2OC)C1. The van der Waals surface area contributed by atoms with E-state index in [-0.39, 0.29) is 28.3 Å². The number of aromatic nitrogens is 2. The Labute approximate surface area is 191 Å². The van der Waals surface area contributed by atoms with E-state index >= 15 is 4.39 Å². The number of nitriles is 1. The summed E-state index contributed by atoms with van der Waals surface area (Å²) < 4.78 is 23.2. The maximum absolute atomic E-state index is 15.5. The molecular formula is C23H31FN6O3. The second-order valence-electron chi connectivity index (χ2n) is 9.45. The van der Waals surface area contributed by atoms with Gasteiger partial charge in [-0.3, -0.25) is 9.36 Å². The van der Waals surface area contributed by atoms with Crippen LogP contribution in [0.25, 0.3) is 10.9 Å². The monoisotopic (exact) mass is 458 g/mol. The number of hydrogen-bond acceptors (Lipinski definition) is 7. The highest BCUT2D eigenvalue weighted by molar-refractivity contribution is 5.91. The molecule has 1 aliphatic heterocycles. The smallest absolute Gasteiger partial charge is 0.350 e. The minimum atomic E-state index is -0.738. The van der Waals surface area contributed by atoms with E-state index in [1.54, 1.807) is 0 Å². The third-order valence-corrected chi connectivity index (χ3v) is 6.87. The van der Waals surface area contributed by atoms with Crippen LogP contribution >= 0.6 is 0 Å². The number of nitrogen functional groups attached to an aromatic ring is 1. The summed E-state index contributed by atoms with van der Waals surface area (Å²) in [7, 11) is 1.43. The summed E-state index contributed by atoms with van der Waals surface area (Å²) in [5.74, 6) is 5.35. The van der Waals surface area contributed by atoms with Crippen molar-refractivity contribution < 1.29 is 9.13 Å². The van der Waals surface area contributed by atoms with Gasteiger partial charge in [-0.15, -0.1) is 0 Å². The average molecular weight is 459 g/mol. The van der Waals surface area contributed by atoms with Crippen molar-refractivity contribution in [2.45, 2.75) is 45.6 Å². The van der Waals surface area contributed by atoms with Crippen LogP contribution in [0, 0.1) is 22.6 Å². The Bertz CT molecular complexity index is 1230. The van der Waals surface area contributed by atoms with E-state index in [1.165, 1.54) is 17.7 Å². The topological polar surface area (TPSA) is 110 Å². The molecule has 2 fully saturated rings. The van der Waals surface area contributed by atoms with Gasteiger partial charge >= 0.3 is 5.69 Å². The molecule has 2 heterocycles. The number of nitrogens with zero attached hydrogens (tertiary/aromatic N) is 5. The molecule has 1 atom stereocenters. The van der Waals surface area contributed by atoms with Crippen molar-refractivity contribution in [2.24, 2.45) is 5.41 Å². The fourth-order valence-corrected chi connectivity index (χ4v) is 5.04. The van der Waals surface area contributed by atoms with Crippen LogP contribution in [0.15, 0.2) is 15.7 Å². The molecule has 2 aliphatic rings. The maximum Gasteiger partial charge on any atom is 0.350 e. The molecule has 0 spiro atoms. The van der Waals surface area contributed by atoms with Gasteiger partial charge in [-0.2, -0.15) is 9.94 Å². The number of nitrogens with two attached hydrogens (primary N) is 1. The van der Waals surface area contributed by atoms with E-state index in [0.717, 1.165) is 32.4 Å². The van der Waals surface area contributed by atoms with E-state index in [0.29, 0.717) is 36.2 Å². The van der Waals surface area contributed by atoms with Gasteiger partial charge in [-0.1, -0.05) is 13.8 Å². The van der Waals surface area contributed by atoms with Crippen molar-refractivity contribution in [1.29, 1.82) is 5.26 Å². The molecule has 1 aromatic carbocycles. The van der Waals surface area contributed by atoms with Gasteiger partial charge in [-0.25, -0.2) is 9.18 Å². The van der Waals surface area contributed by atoms with Gasteiger partial charge in [-0.05, 0) is 37.3 Å². The maximum atomic E-state index is 15.5. The molecule has 0 amide bonds. The Morgan fingerprint density at radius 3 is 2.73 bits per heavy atom. The van der Waals surface area contributed by atoms with E-state index in [9.17, 15) is 9.59 Å². The van der Waals surface area contributed by atoms with Gasteiger partial charge < -0.3 is 20.4 Å². The van der Waals surface area contributed by atoms with Crippen LogP contribution < -0.4 is 26.7 Å². The molecule has 1 saturated heterocycles. The normalized spacial score (nSPS) is 20.5. The van der Waals surface area contributed by atoms with Gasteiger partial charge in [0.25, 0.3) is 5.56 Å². The van der Waals surface area contributed by atoms with E-state index in [2.05, 4.69) is 24.8 Å². The van der Waals surface area contributed by atoms with Crippen molar-refractivity contribution in [3.8, 4) is 11.8 Å². The third kappa shape index (κ3) is 4.06. The number of hydrogen-bond donors (Lipinski definition) is 1. The number of fused-ring (bicyclic) bond motifs is 1. The molecule has 10 heteroatoms. The van der Waals surface area contributed by atoms with Crippen LogP contribution in [0.1, 0.15) is 45.6 Å². The Balaban J connectivity index is 1.78. The molecule has 2 N–H and O–H groups in total.